The Kier molecular flexibility index (Phi) is 5.49. The molecule has 2 aliphatic rings. The predicted octanol–water partition coefficient (Wildman–Crippen LogP) is 2.14. The quantitative estimate of drug-likeness (QED) is 0.838. The average molecular weight is 298 g/mol. The molecule has 5 nitrogen and oxygen atoms in total. The maximum atomic E-state index is 12.1. The molecule has 3 atom stereocenters. The summed E-state index contributed by atoms with van der Waals surface area (Å²) in [4.78, 5) is 13.9. The van der Waals surface area contributed by atoms with Gasteiger partial charge >= 0.3 is 6.09 Å². The maximum absolute atomic E-state index is 12.1. The van der Waals surface area contributed by atoms with Crippen LogP contribution in [0.2, 0.25) is 0 Å². The fourth-order valence-corrected chi connectivity index (χ4v) is 3.20. The molecule has 0 spiro atoms. The molecule has 1 aliphatic carbocycles. The Bertz CT molecular complexity index is 354. The van der Waals surface area contributed by atoms with E-state index in [-0.39, 0.29) is 12.2 Å². The Morgan fingerprint density at radius 2 is 2.10 bits per heavy atom. The molecule has 2 fully saturated rings. The average Bonchev–Trinajstić information content (AvgIpc) is 2.81. The van der Waals surface area contributed by atoms with Crippen molar-refractivity contribution in [3.8, 4) is 0 Å². The van der Waals surface area contributed by atoms with Gasteiger partial charge < -0.3 is 20.1 Å². The summed E-state index contributed by atoms with van der Waals surface area (Å²) in [7, 11) is 0. The standard InChI is InChI=1S/C16H30N2O3/c1-16(2,3)21-15(20)18-8-4-5-13(11-18)17-10-12-6-7-14(19)9-12/h12-14,17,19H,4-11H2,1-3H3. The number of carbonyl (C=O) groups excluding carboxylic acids is 1. The largest absolute Gasteiger partial charge is 0.444 e. The molecule has 2 N–H and O–H groups in total. The molecular weight excluding hydrogens is 268 g/mol. The Morgan fingerprint density at radius 3 is 2.71 bits per heavy atom. The van der Waals surface area contributed by atoms with Gasteiger partial charge in [0.15, 0.2) is 0 Å². The van der Waals surface area contributed by atoms with E-state index in [0.29, 0.717) is 12.0 Å². The number of carbonyl (C=O) groups is 1. The molecular formula is C16H30N2O3. The van der Waals surface area contributed by atoms with E-state index in [1.165, 1.54) is 0 Å². The molecule has 0 radical (unpaired) electrons. The number of nitrogens with one attached hydrogen (secondary N) is 1. The minimum atomic E-state index is -0.433. The summed E-state index contributed by atoms with van der Waals surface area (Å²) < 4.78 is 5.44. The molecule has 0 aromatic carbocycles. The van der Waals surface area contributed by atoms with Gasteiger partial charge in [0.1, 0.15) is 5.60 Å². The van der Waals surface area contributed by atoms with Gasteiger partial charge in [-0.15, -0.1) is 0 Å². The van der Waals surface area contributed by atoms with Crippen molar-refractivity contribution in [1.82, 2.24) is 10.2 Å². The number of rotatable bonds is 3. The fourth-order valence-electron chi connectivity index (χ4n) is 3.20. The van der Waals surface area contributed by atoms with E-state index >= 15 is 0 Å². The number of likely N-dealkylation sites (tertiary alicyclic amines) is 1. The first-order chi connectivity index (χ1) is 9.83. The number of hydrogen-bond acceptors (Lipinski definition) is 4. The Labute approximate surface area is 128 Å². The summed E-state index contributed by atoms with van der Waals surface area (Å²) in [6.45, 7) is 8.16. The van der Waals surface area contributed by atoms with Gasteiger partial charge in [0, 0.05) is 19.1 Å². The van der Waals surface area contributed by atoms with Gasteiger partial charge in [0.2, 0.25) is 0 Å². The molecule has 3 unspecified atom stereocenters. The van der Waals surface area contributed by atoms with Crippen molar-refractivity contribution >= 4 is 6.09 Å². The van der Waals surface area contributed by atoms with Crippen LogP contribution in [0.25, 0.3) is 0 Å². The first-order valence-corrected chi connectivity index (χ1v) is 8.23. The van der Waals surface area contributed by atoms with E-state index < -0.39 is 5.60 Å². The Balaban J connectivity index is 1.74. The number of hydrogen-bond donors (Lipinski definition) is 2. The maximum Gasteiger partial charge on any atom is 0.410 e. The smallest absolute Gasteiger partial charge is 0.410 e. The van der Waals surface area contributed by atoms with Crippen LogP contribution in [-0.2, 0) is 4.74 Å². The van der Waals surface area contributed by atoms with E-state index in [9.17, 15) is 9.90 Å². The first-order valence-electron chi connectivity index (χ1n) is 8.23. The normalized spacial score (nSPS) is 30.5. The van der Waals surface area contributed by atoms with Crippen LogP contribution in [-0.4, -0.2) is 53.5 Å². The van der Waals surface area contributed by atoms with Gasteiger partial charge in [0.25, 0.3) is 0 Å². The van der Waals surface area contributed by atoms with Crippen molar-refractivity contribution in [3.63, 3.8) is 0 Å². The number of ether oxygens (including phenoxy) is 1. The van der Waals surface area contributed by atoms with Crippen molar-refractivity contribution in [2.75, 3.05) is 19.6 Å². The van der Waals surface area contributed by atoms with E-state index in [1.54, 1.807) is 0 Å². The van der Waals surface area contributed by atoms with Gasteiger partial charge in [0.05, 0.1) is 6.10 Å². The highest BCUT2D eigenvalue weighted by atomic mass is 16.6. The summed E-state index contributed by atoms with van der Waals surface area (Å²) in [5, 5.41) is 13.1. The molecule has 2 rings (SSSR count). The molecule has 21 heavy (non-hydrogen) atoms. The molecule has 5 heteroatoms. The Morgan fingerprint density at radius 1 is 1.33 bits per heavy atom. The van der Waals surface area contributed by atoms with Crippen LogP contribution in [0.3, 0.4) is 0 Å². The first kappa shape index (κ1) is 16.6. The van der Waals surface area contributed by atoms with Crippen LogP contribution >= 0.6 is 0 Å². The Hall–Kier alpha value is -0.810. The van der Waals surface area contributed by atoms with Gasteiger partial charge in [-0.25, -0.2) is 4.79 Å². The third-order valence-corrected chi connectivity index (χ3v) is 4.28. The predicted molar refractivity (Wildman–Crippen MR) is 82.2 cm³/mol. The molecule has 1 saturated carbocycles. The minimum absolute atomic E-state index is 0.110. The highest BCUT2D eigenvalue weighted by Crippen LogP contribution is 2.25. The van der Waals surface area contributed by atoms with Crippen LogP contribution in [0, 0.1) is 5.92 Å². The number of piperidine rings is 1. The molecule has 0 bridgehead atoms. The van der Waals surface area contributed by atoms with Crippen LogP contribution in [0.5, 0.6) is 0 Å². The number of nitrogens with zero attached hydrogens (tertiary/aromatic N) is 1. The molecule has 0 aromatic rings. The minimum Gasteiger partial charge on any atom is -0.444 e. The van der Waals surface area contributed by atoms with Crippen molar-refractivity contribution in [2.24, 2.45) is 5.92 Å². The summed E-state index contributed by atoms with van der Waals surface area (Å²) in [5.74, 6) is 0.580. The lowest BCUT2D eigenvalue weighted by atomic mass is 10.0. The lowest BCUT2D eigenvalue weighted by Gasteiger charge is -2.35. The lowest BCUT2D eigenvalue weighted by Crippen LogP contribution is -2.50. The van der Waals surface area contributed by atoms with Crippen molar-refractivity contribution < 1.29 is 14.6 Å². The molecule has 0 aromatic heterocycles. The van der Waals surface area contributed by atoms with Crippen LogP contribution in [0.4, 0.5) is 4.79 Å². The van der Waals surface area contributed by atoms with Crippen LogP contribution < -0.4 is 5.32 Å². The van der Waals surface area contributed by atoms with Crippen molar-refractivity contribution in [1.29, 1.82) is 0 Å². The van der Waals surface area contributed by atoms with E-state index in [4.69, 9.17) is 4.74 Å². The number of aliphatic hydroxyl groups is 1. The second-order valence-electron chi connectivity index (χ2n) is 7.51. The highest BCUT2D eigenvalue weighted by Gasteiger charge is 2.28. The lowest BCUT2D eigenvalue weighted by molar-refractivity contribution is 0.0186. The molecule has 122 valence electrons. The zero-order valence-electron chi connectivity index (χ0n) is 13.6. The summed E-state index contributed by atoms with van der Waals surface area (Å²) >= 11 is 0. The SMILES string of the molecule is CC(C)(C)OC(=O)N1CCCC(NCC2CCC(O)C2)C1. The topological polar surface area (TPSA) is 61.8 Å². The summed E-state index contributed by atoms with van der Waals surface area (Å²) in [6, 6.07) is 0.351. The summed E-state index contributed by atoms with van der Waals surface area (Å²) in [5.41, 5.74) is -0.433. The van der Waals surface area contributed by atoms with Gasteiger partial charge in [-0.3, -0.25) is 0 Å². The fraction of sp³-hybridized carbons (Fsp3) is 0.938. The van der Waals surface area contributed by atoms with Crippen molar-refractivity contribution in [2.45, 2.75) is 70.6 Å². The van der Waals surface area contributed by atoms with Gasteiger partial charge in [-0.1, -0.05) is 0 Å². The second-order valence-corrected chi connectivity index (χ2v) is 7.51. The zero-order chi connectivity index (χ0) is 15.5. The van der Waals surface area contributed by atoms with E-state index in [2.05, 4.69) is 5.32 Å². The van der Waals surface area contributed by atoms with E-state index in [1.807, 2.05) is 25.7 Å². The molecule has 1 saturated heterocycles. The molecule has 1 aliphatic heterocycles. The monoisotopic (exact) mass is 298 g/mol. The van der Waals surface area contributed by atoms with Crippen molar-refractivity contribution in [3.05, 3.63) is 0 Å². The van der Waals surface area contributed by atoms with Crippen LogP contribution in [0.15, 0.2) is 0 Å². The van der Waals surface area contributed by atoms with Gasteiger partial charge in [-0.2, -0.15) is 0 Å². The number of aliphatic hydroxyl groups excluding tert-OH is 1. The van der Waals surface area contributed by atoms with Crippen LogP contribution in [0.1, 0.15) is 52.9 Å². The second kappa shape index (κ2) is 6.97. The summed E-state index contributed by atoms with van der Waals surface area (Å²) in [6.07, 6.45) is 4.76. The molecule has 1 amide bonds. The molecule has 1 heterocycles. The third kappa shape index (κ3) is 5.47. The third-order valence-electron chi connectivity index (χ3n) is 4.28. The zero-order valence-corrected chi connectivity index (χ0v) is 13.6. The van der Waals surface area contributed by atoms with Gasteiger partial charge in [-0.05, 0) is 65.3 Å². The number of amides is 1. The highest BCUT2D eigenvalue weighted by molar-refractivity contribution is 5.68. The van der Waals surface area contributed by atoms with E-state index in [0.717, 1.165) is 51.7 Å².